The fourth-order valence-electron chi connectivity index (χ4n) is 2.49. The van der Waals surface area contributed by atoms with Crippen LogP contribution in [0.1, 0.15) is 50.3 Å². The second-order valence-electron chi connectivity index (χ2n) is 5.13. The Hall–Kier alpha value is -0.820. The zero-order valence-corrected chi connectivity index (χ0v) is 10.5. The summed E-state index contributed by atoms with van der Waals surface area (Å²) in [7, 11) is 0. The zero-order chi connectivity index (χ0) is 11.4. The predicted molar refractivity (Wildman–Crippen MR) is 69.6 cm³/mol. The SMILES string of the molecule is CCCc1ccc(C2CCC(C)CN2)cc1. The van der Waals surface area contributed by atoms with Crippen LogP contribution in [0.3, 0.4) is 0 Å². The van der Waals surface area contributed by atoms with Crippen LogP contribution in [0.25, 0.3) is 0 Å². The van der Waals surface area contributed by atoms with Crippen molar-refractivity contribution in [3.63, 3.8) is 0 Å². The highest BCUT2D eigenvalue weighted by atomic mass is 14.9. The number of rotatable bonds is 3. The molecule has 88 valence electrons. The summed E-state index contributed by atoms with van der Waals surface area (Å²) in [5.41, 5.74) is 2.93. The first-order chi connectivity index (χ1) is 7.79. The van der Waals surface area contributed by atoms with Gasteiger partial charge >= 0.3 is 0 Å². The molecule has 1 saturated heterocycles. The average Bonchev–Trinajstić information content (AvgIpc) is 2.32. The molecule has 2 atom stereocenters. The van der Waals surface area contributed by atoms with Gasteiger partial charge in [-0.1, -0.05) is 44.5 Å². The molecule has 1 nitrogen and oxygen atoms in total. The quantitative estimate of drug-likeness (QED) is 0.814. The van der Waals surface area contributed by atoms with Gasteiger partial charge in [0.2, 0.25) is 0 Å². The number of piperidine rings is 1. The summed E-state index contributed by atoms with van der Waals surface area (Å²) in [4.78, 5) is 0. The lowest BCUT2D eigenvalue weighted by Crippen LogP contribution is -2.31. The minimum absolute atomic E-state index is 0.590. The third-order valence-electron chi connectivity index (χ3n) is 3.58. The van der Waals surface area contributed by atoms with Gasteiger partial charge in [-0.25, -0.2) is 0 Å². The first-order valence-corrected chi connectivity index (χ1v) is 6.62. The van der Waals surface area contributed by atoms with Gasteiger partial charge in [0.1, 0.15) is 0 Å². The van der Waals surface area contributed by atoms with Crippen LogP contribution in [0.4, 0.5) is 0 Å². The molecule has 1 aromatic rings. The van der Waals surface area contributed by atoms with Gasteiger partial charge in [-0.3, -0.25) is 0 Å². The van der Waals surface area contributed by atoms with Crippen LogP contribution in [0, 0.1) is 5.92 Å². The lowest BCUT2D eigenvalue weighted by Gasteiger charge is -2.28. The van der Waals surface area contributed by atoms with Crippen molar-refractivity contribution in [1.82, 2.24) is 5.32 Å². The van der Waals surface area contributed by atoms with Crippen molar-refractivity contribution in [2.45, 2.75) is 45.6 Å². The fraction of sp³-hybridized carbons (Fsp3) is 0.600. The third kappa shape index (κ3) is 2.85. The van der Waals surface area contributed by atoms with Gasteiger partial charge in [-0.05, 0) is 42.9 Å². The fourth-order valence-corrected chi connectivity index (χ4v) is 2.49. The summed E-state index contributed by atoms with van der Waals surface area (Å²) in [6, 6.07) is 9.78. The number of hydrogen-bond acceptors (Lipinski definition) is 1. The van der Waals surface area contributed by atoms with Crippen molar-refractivity contribution in [1.29, 1.82) is 0 Å². The molecule has 1 aliphatic rings. The smallest absolute Gasteiger partial charge is 0.0320 e. The minimum atomic E-state index is 0.590. The molecule has 1 heteroatoms. The van der Waals surface area contributed by atoms with Crippen LogP contribution in [-0.4, -0.2) is 6.54 Å². The second-order valence-corrected chi connectivity index (χ2v) is 5.13. The monoisotopic (exact) mass is 217 g/mol. The molecule has 1 N–H and O–H groups in total. The molecule has 0 spiro atoms. The summed E-state index contributed by atoms with van der Waals surface area (Å²) in [5.74, 6) is 0.843. The zero-order valence-electron chi connectivity index (χ0n) is 10.5. The molecule has 0 saturated carbocycles. The molecule has 0 radical (unpaired) electrons. The Morgan fingerprint density at radius 2 is 1.94 bits per heavy atom. The van der Waals surface area contributed by atoms with E-state index in [-0.39, 0.29) is 0 Å². The Balaban J connectivity index is 1.98. The topological polar surface area (TPSA) is 12.0 Å². The van der Waals surface area contributed by atoms with Gasteiger partial charge < -0.3 is 5.32 Å². The van der Waals surface area contributed by atoms with Crippen LogP contribution in [-0.2, 0) is 6.42 Å². The second kappa shape index (κ2) is 5.49. The van der Waals surface area contributed by atoms with Crippen molar-refractivity contribution in [2.75, 3.05) is 6.54 Å². The van der Waals surface area contributed by atoms with Crippen molar-refractivity contribution < 1.29 is 0 Å². The molecule has 0 amide bonds. The van der Waals surface area contributed by atoms with Crippen molar-refractivity contribution in [3.8, 4) is 0 Å². The minimum Gasteiger partial charge on any atom is -0.310 e. The molecule has 1 fully saturated rings. The lowest BCUT2D eigenvalue weighted by molar-refractivity contribution is 0.333. The Bertz CT molecular complexity index is 307. The summed E-state index contributed by atoms with van der Waals surface area (Å²) >= 11 is 0. The maximum Gasteiger partial charge on any atom is 0.0320 e. The highest BCUT2D eigenvalue weighted by Gasteiger charge is 2.18. The van der Waals surface area contributed by atoms with Crippen LogP contribution >= 0.6 is 0 Å². The van der Waals surface area contributed by atoms with Gasteiger partial charge in [0.15, 0.2) is 0 Å². The molecular weight excluding hydrogens is 194 g/mol. The Morgan fingerprint density at radius 3 is 2.50 bits per heavy atom. The first-order valence-electron chi connectivity index (χ1n) is 6.62. The van der Waals surface area contributed by atoms with Gasteiger partial charge in [0.05, 0.1) is 0 Å². The molecule has 16 heavy (non-hydrogen) atoms. The normalized spacial score (nSPS) is 25.6. The molecular formula is C15H23N. The van der Waals surface area contributed by atoms with Crippen LogP contribution in [0.5, 0.6) is 0 Å². The van der Waals surface area contributed by atoms with E-state index >= 15 is 0 Å². The average molecular weight is 217 g/mol. The van der Waals surface area contributed by atoms with E-state index in [2.05, 4.69) is 43.4 Å². The van der Waals surface area contributed by atoms with E-state index < -0.39 is 0 Å². The standard InChI is InChI=1S/C15H23N/c1-3-4-13-6-8-14(9-7-13)15-10-5-12(2)11-16-15/h6-9,12,15-16H,3-5,10-11H2,1-2H3. The number of hydrogen-bond donors (Lipinski definition) is 1. The lowest BCUT2D eigenvalue weighted by atomic mass is 9.91. The molecule has 1 aliphatic heterocycles. The van der Waals surface area contributed by atoms with Crippen LogP contribution in [0.15, 0.2) is 24.3 Å². The van der Waals surface area contributed by atoms with E-state index in [1.807, 2.05) is 0 Å². The van der Waals surface area contributed by atoms with E-state index in [1.54, 1.807) is 0 Å². The number of aryl methyl sites for hydroxylation is 1. The highest BCUT2D eigenvalue weighted by molar-refractivity contribution is 5.25. The van der Waals surface area contributed by atoms with Crippen molar-refractivity contribution in [2.24, 2.45) is 5.92 Å². The largest absolute Gasteiger partial charge is 0.310 e. The maximum atomic E-state index is 3.64. The highest BCUT2D eigenvalue weighted by Crippen LogP contribution is 2.25. The number of nitrogens with one attached hydrogen (secondary N) is 1. The molecule has 0 aromatic heterocycles. The summed E-state index contributed by atoms with van der Waals surface area (Å²) in [6.07, 6.45) is 5.08. The molecule has 0 aliphatic carbocycles. The van der Waals surface area contributed by atoms with E-state index in [1.165, 1.54) is 43.4 Å². The van der Waals surface area contributed by atoms with E-state index in [0.29, 0.717) is 6.04 Å². The first kappa shape index (κ1) is 11.7. The van der Waals surface area contributed by atoms with Crippen molar-refractivity contribution in [3.05, 3.63) is 35.4 Å². The molecule has 0 bridgehead atoms. The summed E-state index contributed by atoms with van der Waals surface area (Å²) < 4.78 is 0. The van der Waals surface area contributed by atoms with Gasteiger partial charge in [-0.15, -0.1) is 0 Å². The van der Waals surface area contributed by atoms with Crippen LogP contribution in [0.2, 0.25) is 0 Å². The Labute approximate surface area is 99.3 Å². The number of benzene rings is 1. The van der Waals surface area contributed by atoms with Gasteiger partial charge in [0.25, 0.3) is 0 Å². The van der Waals surface area contributed by atoms with Gasteiger partial charge in [-0.2, -0.15) is 0 Å². The summed E-state index contributed by atoms with van der Waals surface area (Å²) in [6.45, 7) is 5.73. The third-order valence-corrected chi connectivity index (χ3v) is 3.58. The molecule has 1 aromatic carbocycles. The Kier molecular flexibility index (Phi) is 4.00. The summed E-state index contributed by atoms with van der Waals surface area (Å²) in [5, 5.41) is 3.64. The molecule has 2 rings (SSSR count). The van der Waals surface area contributed by atoms with E-state index in [0.717, 1.165) is 5.92 Å². The van der Waals surface area contributed by atoms with E-state index in [9.17, 15) is 0 Å². The maximum absolute atomic E-state index is 3.64. The predicted octanol–water partition coefficient (Wildman–Crippen LogP) is 3.70. The molecule has 1 heterocycles. The van der Waals surface area contributed by atoms with Crippen molar-refractivity contribution >= 4 is 0 Å². The molecule has 2 unspecified atom stereocenters. The van der Waals surface area contributed by atoms with Gasteiger partial charge in [0, 0.05) is 6.04 Å². The van der Waals surface area contributed by atoms with E-state index in [4.69, 9.17) is 0 Å². The van der Waals surface area contributed by atoms with Crippen LogP contribution < -0.4 is 5.32 Å². The Morgan fingerprint density at radius 1 is 1.19 bits per heavy atom.